The number of aromatic carboxylic acids is 2. The quantitative estimate of drug-likeness (QED) is 0.172. The minimum atomic E-state index is -1.16. The molecule has 2 N–H and O–H groups in total. The number of furan rings is 1. The van der Waals surface area contributed by atoms with E-state index in [1.54, 1.807) is 12.3 Å². The van der Waals surface area contributed by atoms with Crippen LogP contribution in [0.2, 0.25) is 0 Å². The highest BCUT2D eigenvalue weighted by Gasteiger charge is 2.20. The van der Waals surface area contributed by atoms with Crippen LogP contribution in [0.15, 0.2) is 114 Å². The van der Waals surface area contributed by atoms with Crippen molar-refractivity contribution in [2.24, 2.45) is 0 Å². The summed E-state index contributed by atoms with van der Waals surface area (Å²) < 4.78 is 6.48. The summed E-state index contributed by atoms with van der Waals surface area (Å²) in [5.41, 5.74) is 4.22. The van der Waals surface area contributed by atoms with Gasteiger partial charge in [-0.3, -0.25) is 9.97 Å². The minimum Gasteiger partial charge on any atom is -0.478 e. The number of carboxylic acids is 2. The molecule has 0 spiro atoms. The number of aromatic nitrogens is 3. The average Bonchev–Trinajstić information content (AvgIpc) is 3.60. The second-order valence-corrected chi connectivity index (χ2v) is 13.2. The van der Waals surface area contributed by atoms with Crippen LogP contribution in [0, 0.1) is 0 Å². The van der Waals surface area contributed by atoms with Crippen LogP contribution in [0.5, 0.6) is 0 Å². The number of hydrogen-bond donors (Lipinski definition) is 2. The smallest absolute Gasteiger partial charge is 0.335 e. The van der Waals surface area contributed by atoms with E-state index in [0.29, 0.717) is 17.1 Å². The average molecular weight is 644 g/mol. The molecule has 0 amide bonds. The van der Waals surface area contributed by atoms with Crippen molar-refractivity contribution in [3.05, 3.63) is 126 Å². The number of carbonyl (C=O) groups is 2. The molecule has 0 aliphatic heterocycles. The highest BCUT2D eigenvalue weighted by Crippen LogP contribution is 2.42. The molecule has 0 aliphatic rings. The van der Waals surface area contributed by atoms with E-state index in [1.807, 2.05) is 18.2 Å². The summed E-state index contributed by atoms with van der Waals surface area (Å²) >= 11 is 0. The van der Waals surface area contributed by atoms with E-state index in [-0.39, 0.29) is 27.9 Å². The van der Waals surface area contributed by atoms with Gasteiger partial charge in [0.1, 0.15) is 11.5 Å². The first-order valence-electron chi connectivity index (χ1n) is 15.8. The summed E-state index contributed by atoms with van der Waals surface area (Å²) in [7, 11) is 0. The molecule has 0 fully saturated rings. The summed E-state index contributed by atoms with van der Waals surface area (Å²) in [4.78, 5) is 36.9. The number of hydrogen-bond acceptors (Lipinski definition) is 6. The Morgan fingerprint density at radius 3 is 1.88 bits per heavy atom. The zero-order valence-electron chi connectivity index (χ0n) is 26.9. The number of carboxylic acid groups (broad SMARTS) is 2. The fourth-order valence-electron chi connectivity index (χ4n) is 6.45. The van der Waals surface area contributed by atoms with Crippen LogP contribution in [0.25, 0.3) is 77.7 Å². The second-order valence-electron chi connectivity index (χ2n) is 13.2. The first-order chi connectivity index (χ1) is 23.5. The number of rotatable bonds is 6. The summed E-state index contributed by atoms with van der Waals surface area (Å²) in [5, 5.41) is 26.5. The van der Waals surface area contributed by atoms with Crippen molar-refractivity contribution in [2.45, 2.75) is 26.2 Å². The van der Waals surface area contributed by atoms with Crippen molar-refractivity contribution in [1.82, 2.24) is 15.0 Å². The van der Waals surface area contributed by atoms with Crippen LogP contribution in [-0.4, -0.2) is 37.1 Å². The molecule has 8 aromatic rings. The molecule has 8 rings (SSSR count). The molecular weight excluding hydrogens is 614 g/mol. The Morgan fingerprint density at radius 2 is 1.18 bits per heavy atom. The van der Waals surface area contributed by atoms with Crippen LogP contribution in [-0.2, 0) is 5.41 Å². The van der Waals surface area contributed by atoms with Gasteiger partial charge in [-0.25, -0.2) is 14.6 Å². The van der Waals surface area contributed by atoms with E-state index >= 15 is 0 Å². The van der Waals surface area contributed by atoms with Crippen molar-refractivity contribution >= 4 is 44.3 Å². The first kappa shape index (κ1) is 30.0. The maximum atomic E-state index is 12.1. The number of benzene rings is 4. The lowest BCUT2D eigenvalue weighted by molar-refractivity contribution is 0.0686. The predicted octanol–water partition coefficient (Wildman–Crippen LogP) is 9.72. The zero-order valence-corrected chi connectivity index (χ0v) is 26.9. The lowest BCUT2D eigenvalue weighted by Crippen LogP contribution is -2.10. The van der Waals surface area contributed by atoms with Crippen LogP contribution in [0.4, 0.5) is 0 Å². The summed E-state index contributed by atoms with van der Waals surface area (Å²) in [5.74, 6) is -0.944. The van der Waals surface area contributed by atoms with Crippen molar-refractivity contribution in [3.8, 4) is 45.4 Å². The maximum Gasteiger partial charge on any atom is 0.335 e. The molecule has 4 aromatic heterocycles. The number of pyridine rings is 3. The lowest BCUT2D eigenvalue weighted by atomic mass is 9.83. The van der Waals surface area contributed by atoms with Gasteiger partial charge in [-0.2, -0.15) is 0 Å². The van der Waals surface area contributed by atoms with Gasteiger partial charge in [0.25, 0.3) is 0 Å². The standard InChI is InChI=1S/C41H29N3O5/c1-41(2,3)28-16-24-5-4-22-6-8-29(30-9-7-25(17-28)37(24)38(22)30)36-11-10-35(49-36)23-12-14-42-31(18-23)33-20-27(40(47)48)21-34(44-33)32-19-26(39(45)46)13-15-43-32/h4-21H,1-3H3,(H,45,46)(H,47,48). The Morgan fingerprint density at radius 1 is 0.592 bits per heavy atom. The van der Waals surface area contributed by atoms with Gasteiger partial charge >= 0.3 is 11.9 Å². The topological polar surface area (TPSA) is 126 Å². The molecule has 0 aliphatic carbocycles. The molecule has 4 aromatic carbocycles. The zero-order chi connectivity index (χ0) is 34.0. The van der Waals surface area contributed by atoms with Crippen LogP contribution in [0.1, 0.15) is 47.1 Å². The lowest BCUT2D eigenvalue weighted by Gasteiger charge is -2.21. The first-order valence-corrected chi connectivity index (χ1v) is 15.8. The maximum absolute atomic E-state index is 12.1. The molecule has 49 heavy (non-hydrogen) atoms. The van der Waals surface area contributed by atoms with E-state index in [4.69, 9.17) is 4.42 Å². The third kappa shape index (κ3) is 5.23. The fourth-order valence-corrected chi connectivity index (χ4v) is 6.45. The van der Waals surface area contributed by atoms with Crippen LogP contribution >= 0.6 is 0 Å². The molecule has 4 heterocycles. The van der Waals surface area contributed by atoms with Gasteiger partial charge in [0.05, 0.1) is 33.9 Å². The van der Waals surface area contributed by atoms with E-state index in [0.717, 1.165) is 22.3 Å². The SMILES string of the molecule is CC(C)(C)c1cc2ccc3ccc(-c4ccc(-c5ccnc(-c6cc(C(=O)O)cc(-c7cc(C(=O)O)ccn7)n6)c5)o4)c4ccc(c1)c2c34. The molecule has 238 valence electrons. The van der Waals surface area contributed by atoms with Gasteiger partial charge in [0, 0.05) is 23.5 Å². The molecule has 0 radical (unpaired) electrons. The molecule has 0 atom stereocenters. The van der Waals surface area contributed by atoms with Gasteiger partial charge in [-0.05, 0) is 97.9 Å². The summed E-state index contributed by atoms with van der Waals surface area (Å²) in [6, 6.07) is 30.6. The molecule has 0 saturated heterocycles. The van der Waals surface area contributed by atoms with Crippen molar-refractivity contribution in [1.29, 1.82) is 0 Å². The molecule has 0 unspecified atom stereocenters. The minimum absolute atomic E-state index is 0.0159. The third-order valence-corrected chi connectivity index (χ3v) is 8.99. The van der Waals surface area contributed by atoms with Crippen LogP contribution < -0.4 is 0 Å². The molecule has 8 heteroatoms. The van der Waals surface area contributed by atoms with Gasteiger partial charge in [-0.1, -0.05) is 63.2 Å². The fraction of sp³-hybridized carbons (Fsp3) is 0.0976. The molecule has 0 bridgehead atoms. The summed E-state index contributed by atoms with van der Waals surface area (Å²) in [6.45, 7) is 6.71. The Balaban J connectivity index is 1.19. The molecule has 0 saturated carbocycles. The van der Waals surface area contributed by atoms with Gasteiger partial charge in [-0.15, -0.1) is 0 Å². The highest BCUT2D eigenvalue weighted by molar-refractivity contribution is 6.25. The Bertz CT molecular complexity index is 2600. The Labute approximate surface area is 280 Å². The normalized spacial score (nSPS) is 11.9. The summed E-state index contributed by atoms with van der Waals surface area (Å²) in [6.07, 6.45) is 2.97. The van der Waals surface area contributed by atoms with Gasteiger partial charge < -0.3 is 14.6 Å². The largest absolute Gasteiger partial charge is 0.478 e. The predicted molar refractivity (Wildman–Crippen MR) is 190 cm³/mol. The Hall–Kier alpha value is -6.41. The van der Waals surface area contributed by atoms with Crippen LogP contribution in [0.3, 0.4) is 0 Å². The van der Waals surface area contributed by atoms with Gasteiger partial charge in [0.2, 0.25) is 0 Å². The van der Waals surface area contributed by atoms with E-state index in [2.05, 4.69) is 84.3 Å². The van der Waals surface area contributed by atoms with E-state index in [1.165, 1.54) is 63.0 Å². The molecular formula is C41H29N3O5. The Kier molecular flexibility index (Phi) is 6.78. The van der Waals surface area contributed by atoms with Crippen molar-refractivity contribution in [2.75, 3.05) is 0 Å². The van der Waals surface area contributed by atoms with Crippen molar-refractivity contribution < 1.29 is 24.2 Å². The second kappa shape index (κ2) is 11.1. The van der Waals surface area contributed by atoms with Gasteiger partial charge in [0.15, 0.2) is 0 Å². The highest BCUT2D eigenvalue weighted by atomic mass is 16.4. The van der Waals surface area contributed by atoms with Crippen molar-refractivity contribution in [3.63, 3.8) is 0 Å². The van der Waals surface area contributed by atoms with E-state index < -0.39 is 11.9 Å². The molecule has 8 nitrogen and oxygen atoms in total. The third-order valence-electron chi connectivity index (χ3n) is 8.99. The number of nitrogens with zero attached hydrogens (tertiary/aromatic N) is 3. The monoisotopic (exact) mass is 643 g/mol. The van der Waals surface area contributed by atoms with E-state index in [9.17, 15) is 19.8 Å².